The first-order chi connectivity index (χ1) is 8.12. The molecule has 1 saturated carbocycles. The molecule has 0 spiro atoms. The van der Waals surface area contributed by atoms with Gasteiger partial charge in [-0.2, -0.15) is 0 Å². The minimum absolute atomic E-state index is 0.586. The molecule has 1 nitrogen and oxygen atoms in total. The van der Waals surface area contributed by atoms with E-state index in [0.29, 0.717) is 5.41 Å². The fraction of sp³-hybridized carbons (Fsp3) is 1.00. The van der Waals surface area contributed by atoms with Crippen molar-refractivity contribution in [2.45, 2.75) is 85.1 Å². The van der Waals surface area contributed by atoms with Crippen molar-refractivity contribution in [1.82, 2.24) is 5.32 Å². The van der Waals surface area contributed by atoms with Crippen LogP contribution in [-0.2, 0) is 0 Å². The molecule has 1 atom stereocenters. The third kappa shape index (κ3) is 5.90. The average molecular weight is 239 g/mol. The van der Waals surface area contributed by atoms with Crippen molar-refractivity contribution in [3.05, 3.63) is 0 Å². The molecule has 0 aromatic heterocycles. The highest BCUT2D eigenvalue weighted by molar-refractivity contribution is 4.87. The maximum atomic E-state index is 3.78. The Bertz CT molecular complexity index is 188. The largest absolute Gasteiger partial charge is 0.313 e. The highest BCUT2D eigenvalue weighted by atomic mass is 15.0. The number of rotatable bonds is 10. The third-order valence-corrected chi connectivity index (χ3v) is 4.41. The molecule has 102 valence electrons. The highest BCUT2D eigenvalue weighted by Crippen LogP contribution is 2.35. The van der Waals surface area contributed by atoms with Crippen molar-refractivity contribution >= 4 is 0 Å². The van der Waals surface area contributed by atoms with Crippen molar-refractivity contribution in [3.63, 3.8) is 0 Å². The van der Waals surface area contributed by atoms with Gasteiger partial charge in [-0.05, 0) is 43.4 Å². The number of nitrogens with one attached hydrogen (secondary N) is 1. The Morgan fingerprint density at radius 1 is 1.18 bits per heavy atom. The maximum Gasteiger partial charge on any atom is 0.00684 e. The van der Waals surface area contributed by atoms with Gasteiger partial charge >= 0.3 is 0 Å². The summed E-state index contributed by atoms with van der Waals surface area (Å²) in [6.07, 6.45) is 11.2. The molecule has 1 heteroatoms. The lowest BCUT2D eigenvalue weighted by atomic mass is 9.75. The number of hydrogen-bond donors (Lipinski definition) is 1. The predicted octanol–water partition coefficient (Wildman–Crippen LogP) is 4.76. The highest BCUT2D eigenvalue weighted by Gasteiger charge is 2.30. The van der Waals surface area contributed by atoms with E-state index in [4.69, 9.17) is 0 Å². The molecule has 0 aromatic carbocycles. The van der Waals surface area contributed by atoms with E-state index in [-0.39, 0.29) is 0 Å². The molecular weight excluding hydrogens is 206 g/mol. The Balaban J connectivity index is 2.43. The van der Waals surface area contributed by atoms with Gasteiger partial charge in [0, 0.05) is 12.6 Å². The van der Waals surface area contributed by atoms with E-state index in [1.54, 1.807) is 0 Å². The van der Waals surface area contributed by atoms with E-state index in [0.717, 1.165) is 12.0 Å². The molecule has 1 rings (SSSR count). The zero-order chi connectivity index (χ0) is 12.7. The monoisotopic (exact) mass is 239 g/mol. The van der Waals surface area contributed by atoms with Gasteiger partial charge in [-0.3, -0.25) is 0 Å². The lowest BCUT2D eigenvalue weighted by Gasteiger charge is -2.34. The molecule has 0 radical (unpaired) electrons. The molecule has 1 aliphatic carbocycles. The lowest BCUT2D eigenvalue weighted by molar-refractivity contribution is 0.196. The molecule has 17 heavy (non-hydrogen) atoms. The number of unbranched alkanes of at least 4 members (excludes halogenated alkanes) is 1. The van der Waals surface area contributed by atoms with Crippen molar-refractivity contribution in [2.24, 2.45) is 11.3 Å². The van der Waals surface area contributed by atoms with E-state index in [9.17, 15) is 0 Å². The van der Waals surface area contributed by atoms with Crippen LogP contribution in [0, 0.1) is 11.3 Å². The standard InChI is InChI=1S/C16H33N/c1-5-7-11-16(6-2,12-10-14(3)4)13-17-15-8-9-15/h14-15,17H,5-13H2,1-4H3. The van der Waals surface area contributed by atoms with Crippen LogP contribution >= 0.6 is 0 Å². The van der Waals surface area contributed by atoms with Gasteiger partial charge in [-0.25, -0.2) is 0 Å². The summed E-state index contributed by atoms with van der Waals surface area (Å²) in [6.45, 7) is 10.7. The van der Waals surface area contributed by atoms with Gasteiger partial charge in [0.1, 0.15) is 0 Å². The average Bonchev–Trinajstić information content (AvgIpc) is 3.13. The lowest BCUT2D eigenvalue weighted by Crippen LogP contribution is -2.35. The number of hydrogen-bond acceptors (Lipinski definition) is 1. The quantitative estimate of drug-likeness (QED) is 0.579. The van der Waals surface area contributed by atoms with Crippen LogP contribution < -0.4 is 5.32 Å². The first-order valence-corrected chi connectivity index (χ1v) is 7.85. The second kappa shape index (κ2) is 7.41. The first-order valence-electron chi connectivity index (χ1n) is 7.85. The summed E-state index contributed by atoms with van der Waals surface area (Å²) < 4.78 is 0. The van der Waals surface area contributed by atoms with Crippen LogP contribution in [0.15, 0.2) is 0 Å². The van der Waals surface area contributed by atoms with E-state index in [1.807, 2.05) is 0 Å². The molecule has 0 saturated heterocycles. The Labute approximate surface area is 109 Å². The van der Waals surface area contributed by atoms with E-state index in [1.165, 1.54) is 57.9 Å². The van der Waals surface area contributed by atoms with Crippen molar-refractivity contribution < 1.29 is 0 Å². The fourth-order valence-corrected chi connectivity index (χ4v) is 2.58. The summed E-state index contributed by atoms with van der Waals surface area (Å²) in [5, 5.41) is 3.78. The van der Waals surface area contributed by atoms with Crippen molar-refractivity contribution in [3.8, 4) is 0 Å². The van der Waals surface area contributed by atoms with Crippen LogP contribution in [0.25, 0.3) is 0 Å². The fourth-order valence-electron chi connectivity index (χ4n) is 2.58. The van der Waals surface area contributed by atoms with Crippen LogP contribution in [0.1, 0.15) is 79.1 Å². The summed E-state index contributed by atoms with van der Waals surface area (Å²) in [7, 11) is 0. The van der Waals surface area contributed by atoms with Gasteiger partial charge in [0.15, 0.2) is 0 Å². The van der Waals surface area contributed by atoms with Gasteiger partial charge in [0.2, 0.25) is 0 Å². The zero-order valence-corrected chi connectivity index (χ0v) is 12.5. The molecule has 0 amide bonds. The molecule has 1 fully saturated rings. The van der Waals surface area contributed by atoms with Gasteiger partial charge < -0.3 is 5.32 Å². The summed E-state index contributed by atoms with van der Waals surface area (Å²) in [4.78, 5) is 0. The second-order valence-corrected chi connectivity index (χ2v) is 6.54. The molecule has 1 aliphatic rings. The van der Waals surface area contributed by atoms with E-state index >= 15 is 0 Å². The summed E-state index contributed by atoms with van der Waals surface area (Å²) >= 11 is 0. The normalized spacial score (nSPS) is 19.6. The molecule has 0 aliphatic heterocycles. The zero-order valence-electron chi connectivity index (χ0n) is 12.5. The van der Waals surface area contributed by atoms with Crippen molar-refractivity contribution in [2.75, 3.05) is 6.54 Å². The van der Waals surface area contributed by atoms with Crippen LogP contribution in [0.3, 0.4) is 0 Å². The molecule has 1 unspecified atom stereocenters. The summed E-state index contributed by atoms with van der Waals surface area (Å²) in [5.41, 5.74) is 0.586. The second-order valence-electron chi connectivity index (χ2n) is 6.54. The minimum atomic E-state index is 0.586. The summed E-state index contributed by atoms with van der Waals surface area (Å²) in [5.74, 6) is 0.850. The molecular formula is C16H33N. The Morgan fingerprint density at radius 3 is 2.35 bits per heavy atom. The summed E-state index contributed by atoms with van der Waals surface area (Å²) in [6, 6.07) is 0.863. The van der Waals surface area contributed by atoms with Gasteiger partial charge in [0.05, 0.1) is 0 Å². The first kappa shape index (κ1) is 15.0. The van der Waals surface area contributed by atoms with Gasteiger partial charge in [-0.1, -0.05) is 47.0 Å². The third-order valence-electron chi connectivity index (χ3n) is 4.41. The SMILES string of the molecule is CCCCC(CC)(CCC(C)C)CNC1CC1. The Morgan fingerprint density at radius 2 is 1.88 bits per heavy atom. The van der Waals surface area contributed by atoms with E-state index in [2.05, 4.69) is 33.0 Å². The van der Waals surface area contributed by atoms with Gasteiger partial charge in [0.25, 0.3) is 0 Å². The Kier molecular flexibility index (Phi) is 6.54. The smallest absolute Gasteiger partial charge is 0.00684 e. The van der Waals surface area contributed by atoms with Crippen LogP contribution in [0.4, 0.5) is 0 Å². The van der Waals surface area contributed by atoms with Crippen LogP contribution in [0.2, 0.25) is 0 Å². The van der Waals surface area contributed by atoms with E-state index < -0.39 is 0 Å². The molecule has 0 heterocycles. The predicted molar refractivity (Wildman–Crippen MR) is 77.3 cm³/mol. The molecule has 0 aromatic rings. The molecule has 1 N–H and O–H groups in total. The van der Waals surface area contributed by atoms with Gasteiger partial charge in [-0.15, -0.1) is 0 Å². The topological polar surface area (TPSA) is 12.0 Å². The van der Waals surface area contributed by atoms with Crippen LogP contribution in [-0.4, -0.2) is 12.6 Å². The van der Waals surface area contributed by atoms with Crippen LogP contribution in [0.5, 0.6) is 0 Å². The minimum Gasteiger partial charge on any atom is -0.313 e. The molecule has 0 bridgehead atoms. The maximum absolute atomic E-state index is 3.78. The Hall–Kier alpha value is -0.0400. The van der Waals surface area contributed by atoms with Crippen molar-refractivity contribution in [1.29, 1.82) is 0 Å².